The predicted octanol–water partition coefficient (Wildman–Crippen LogP) is 6.82. The van der Waals surface area contributed by atoms with Crippen LogP contribution < -0.4 is 0 Å². The first kappa shape index (κ1) is 29.3. The molecule has 0 amide bonds. The molecular weight excluding hydrogens is 536 g/mol. The van der Waals surface area contributed by atoms with Gasteiger partial charge in [-0.1, -0.05) is 18.2 Å². The van der Waals surface area contributed by atoms with Gasteiger partial charge in [0.15, 0.2) is 0 Å². The Morgan fingerprint density at radius 2 is 1.62 bits per heavy atom. The van der Waals surface area contributed by atoms with Crippen molar-refractivity contribution in [1.29, 1.82) is 0 Å². The van der Waals surface area contributed by atoms with E-state index in [-0.39, 0.29) is 29.3 Å². The first-order chi connectivity index (χ1) is 18.8. The summed E-state index contributed by atoms with van der Waals surface area (Å²) in [7, 11) is 0. The summed E-state index contributed by atoms with van der Waals surface area (Å²) in [5.41, 5.74) is 1.06. The van der Waals surface area contributed by atoms with Gasteiger partial charge in [-0.3, -0.25) is 15.0 Å². The maximum Gasteiger partial charge on any atom is 0.416 e. The SMILES string of the molecule is C[C@@H](C(c1ccc2c(c1)CN(C1CCN(Cc3cc(C(F)(F)F)ccc3C(F)(F)F)CC1)CC2)C1CC1)N([O-])O. The number of piperidine rings is 1. The van der Waals surface area contributed by atoms with E-state index in [0.717, 1.165) is 37.9 Å². The summed E-state index contributed by atoms with van der Waals surface area (Å²) in [6, 6.07) is 7.69. The van der Waals surface area contributed by atoms with Crippen molar-refractivity contribution in [1.82, 2.24) is 15.0 Å². The predicted molar refractivity (Wildman–Crippen MR) is 137 cm³/mol. The molecule has 3 aliphatic rings. The summed E-state index contributed by atoms with van der Waals surface area (Å²) >= 11 is 0. The standard InChI is InChI=1S/C29H34F6N3O2/c1-18(38(39)40)27(20-3-4-20)21-5-2-19-8-13-37(17-22(19)14-21)25-9-11-36(12-10-25)16-23-15-24(28(30,31)32)6-7-26(23)29(33,34)35/h2,5-7,14-15,18,20,25,27,39H,3-4,8-13,16-17H2,1H3/q-1/t18-,27?/m0/s1. The number of hydrogen-bond donors (Lipinski definition) is 1. The molecule has 11 heteroatoms. The maximum absolute atomic E-state index is 13.5. The molecule has 2 aromatic rings. The van der Waals surface area contributed by atoms with Gasteiger partial charge in [0.25, 0.3) is 0 Å². The molecule has 2 fully saturated rings. The van der Waals surface area contributed by atoms with E-state index in [0.29, 0.717) is 50.0 Å². The highest BCUT2D eigenvalue weighted by molar-refractivity contribution is 5.37. The molecule has 5 nitrogen and oxygen atoms in total. The number of hydroxylamine groups is 2. The summed E-state index contributed by atoms with van der Waals surface area (Å²) in [5, 5.41) is 21.3. The highest BCUT2D eigenvalue weighted by atomic mass is 19.4. The Morgan fingerprint density at radius 3 is 2.23 bits per heavy atom. The molecule has 1 unspecified atom stereocenters. The molecule has 1 N–H and O–H groups in total. The zero-order valence-corrected chi connectivity index (χ0v) is 22.3. The summed E-state index contributed by atoms with van der Waals surface area (Å²) in [6.07, 6.45) is -5.06. The second-order valence-electron chi connectivity index (χ2n) is 11.5. The normalized spacial score (nSPS) is 21.4. The smallest absolute Gasteiger partial charge is 0.416 e. The van der Waals surface area contributed by atoms with Crippen molar-refractivity contribution in [3.63, 3.8) is 0 Å². The van der Waals surface area contributed by atoms with Gasteiger partial charge in [0, 0.05) is 37.6 Å². The molecule has 1 saturated carbocycles. The fourth-order valence-electron chi connectivity index (χ4n) is 6.52. The van der Waals surface area contributed by atoms with Crippen LogP contribution in [-0.2, 0) is 31.9 Å². The molecule has 1 saturated heterocycles. The average molecular weight is 571 g/mol. The first-order valence-electron chi connectivity index (χ1n) is 13.8. The minimum Gasteiger partial charge on any atom is -0.762 e. The lowest BCUT2D eigenvalue weighted by Crippen LogP contribution is -2.46. The molecule has 0 radical (unpaired) electrons. The van der Waals surface area contributed by atoms with Gasteiger partial charge in [0.1, 0.15) is 0 Å². The number of nitrogens with zero attached hydrogens (tertiary/aromatic N) is 3. The number of fused-ring (bicyclic) bond motifs is 1. The number of likely N-dealkylation sites (tertiary alicyclic amines) is 1. The van der Waals surface area contributed by atoms with E-state index >= 15 is 0 Å². The number of halogens is 6. The van der Waals surface area contributed by atoms with E-state index in [2.05, 4.69) is 23.1 Å². The largest absolute Gasteiger partial charge is 0.762 e. The molecule has 40 heavy (non-hydrogen) atoms. The minimum atomic E-state index is -4.72. The fourth-order valence-corrected chi connectivity index (χ4v) is 6.52. The van der Waals surface area contributed by atoms with E-state index in [4.69, 9.17) is 0 Å². The van der Waals surface area contributed by atoms with Crippen molar-refractivity contribution in [3.05, 3.63) is 75.0 Å². The van der Waals surface area contributed by atoms with Gasteiger partial charge in [-0.2, -0.15) is 26.3 Å². The Kier molecular flexibility index (Phi) is 8.24. The van der Waals surface area contributed by atoms with Crippen LogP contribution in [0.1, 0.15) is 71.9 Å². The lowest BCUT2D eigenvalue weighted by atomic mass is 9.85. The summed E-state index contributed by atoms with van der Waals surface area (Å²) in [6.45, 7) is 4.14. The van der Waals surface area contributed by atoms with Crippen LogP contribution in [0.2, 0.25) is 0 Å². The van der Waals surface area contributed by atoms with Crippen molar-refractivity contribution in [2.24, 2.45) is 5.92 Å². The van der Waals surface area contributed by atoms with Crippen LogP contribution in [0.4, 0.5) is 26.3 Å². The van der Waals surface area contributed by atoms with Crippen LogP contribution in [-0.4, -0.2) is 52.0 Å². The van der Waals surface area contributed by atoms with E-state index in [1.807, 2.05) is 4.90 Å². The average Bonchev–Trinajstić information content (AvgIpc) is 3.73. The molecule has 0 spiro atoms. The van der Waals surface area contributed by atoms with Crippen LogP contribution in [0.25, 0.3) is 0 Å². The number of benzene rings is 2. The Balaban J connectivity index is 1.24. The van der Waals surface area contributed by atoms with E-state index in [9.17, 15) is 36.8 Å². The second kappa shape index (κ2) is 11.2. The summed E-state index contributed by atoms with van der Waals surface area (Å²) in [4.78, 5) is 4.19. The zero-order chi connectivity index (χ0) is 28.8. The van der Waals surface area contributed by atoms with Gasteiger partial charge in [-0.05, 0) is 98.5 Å². The Bertz CT molecular complexity index is 1190. The third kappa shape index (κ3) is 6.49. The number of alkyl halides is 6. The van der Waals surface area contributed by atoms with Crippen molar-refractivity contribution in [3.8, 4) is 0 Å². The van der Waals surface area contributed by atoms with Gasteiger partial charge < -0.3 is 10.4 Å². The Labute approximate surface area is 229 Å². The number of hydrogen-bond acceptors (Lipinski definition) is 5. The highest BCUT2D eigenvalue weighted by Crippen LogP contribution is 2.46. The lowest BCUT2D eigenvalue weighted by Gasteiger charge is -2.41. The van der Waals surface area contributed by atoms with Crippen molar-refractivity contribution >= 4 is 0 Å². The molecule has 0 bridgehead atoms. The summed E-state index contributed by atoms with van der Waals surface area (Å²) in [5.74, 6) is 0.346. The number of rotatable bonds is 7. The van der Waals surface area contributed by atoms with Gasteiger partial charge >= 0.3 is 12.4 Å². The van der Waals surface area contributed by atoms with Gasteiger partial charge in [0.2, 0.25) is 0 Å². The Hall–Kier alpha value is -2.18. The minimum absolute atomic E-state index is 0.0381. The molecular formula is C29H34F6N3O2-. The molecule has 220 valence electrons. The topological polar surface area (TPSA) is 53.0 Å². The van der Waals surface area contributed by atoms with E-state index in [1.165, 1.54) is 11.1 Å². The van der Waals surface area contributed by atoms with Crippen LogP contribution in [0.3, 0.4) is 0 Å². The molecule has 0 aromatic heterocycles. The van der Waals surface area contributed by atoms with Gasteiger partial charge in [-0.25, -0.2) is 0 Å². The maximum atomic E-state index is 13.5. The third-order valence-electron chi connectivity index (χ3n) is 8.86. The van der Waals surface area contributed by atoms with Crippen molar-refractivity contribution in [2.75, 3.05) is 19.6 Å². The summed E-state index contributed by atoms with van der Waals surface area (Å²) < 4.78 is 80.2. The molecule has 5 rings (SSSR count). The van der Waals surface area contributed by atoms with Crippen LogP contribution in [0.15, 0.2) is 36.4 Å². The van der Waals surface area contributed by atoms with Crippen LogP contribution in [0.5, 0.6) is 0 Å². The molecule has 2 aromatic carbocycles. The molecule has 1 aliphatic carbocycles. The van der Waals surface area contributed by atoms with Crippen LogP contribution >= 0.6 is 0 Å². The second-order valence-corrected chi connectivity index (χ2v) is 11.5. The molecule has 2 aliphatic heterocycles. The quantitative estimate of drug-likeness (QED) is 0.293. The van der Waals surface area contributed by atoms with Gasteiger partial charge in [0.05, 0.1) is 11.1 Å². The fraction of sp³-hybridized carbons (Fsp3) is 0.586. The Morgan fingerprint density at radius 1 is 0.925 bits per heavy atom. The first-order valence-corrected chi connectivity index (χ1v) is 13.8. The van der Waals surface area contributed by atoms with E-state index < -0.39 is 29.5 Å². The monoisotopic (exact) mass is 570 g/mol. The van der Waals surface area contributed by atoms with Crippen molar-refractivity contribution < 1.29 is 31.5 Å². The van der Waals surface area contributed by atoms with Crippen molar-refractivity contribution in [2.45, 2.75) is 82.5 Å². The highest BCUT2D eigenvalue weighted by Gasteiger charge is 2.39. The third-order valence-corrected chi connectivity index (χ3v) is 8.86. The van der Waals surface area contributed by atoms with E-state index in [1.54, 1.807) is 6.92 Å². The van der Waals surface area contributed by atoms with Crippen LogP contribution in [0, 0.1) is 11.1 Å². The molecule has 2 heterocycles. The zero-order valence-electron chi connectivity index (χ0n) is 22.3. The molecule has 2 atom stereocenters. The lowest BCUT2D eigenvalue weighted by molar-refractivity contribution is -0.142. The van der Waals surface area contributed by atoms with Gasteiger partial charge in [-0.15, -0.1) is 0 Å².